The minimum atomic E-state index is -1.11. The van der Waals surface area contributed by atoms with Crippen molar-refractivity contribution in [1.82, 2.24) is 5.32 Å². The van der Waals surface area contributed by atoms with Crippen LogP contribution in [0.2, 0.25) is 0 Å². The summed E-state index contributed by atoms with van der Waals surface area (Å²) in [4.78, 5) is 29.4. The smallest absolute Gasteiger partial charge is 0.295 e. The van der Waals surface area contributed by atoms with Gasteiger partial charge >= 0.3 is 0 Å². The van der Waals surface area contributed by atoms with E-state index in [4.69, 9.17) is 23.4 Å². The van der Waals surface area contributed by atoms with Crippen LogP contribution in [0.1, 0.15) is 47.8 Å². The minimum Gasteiger partial charge on any atom is -0.495 e. The lowest BCUT2D eigenvalue weighted by Gasteiger charge is -2.33. The summed E-state index contributed by atoms with van der Waals surface area (Å²) in [5, 5.41) is 3.15. The molecule has 1 atom stereocenters. The monoisotopic (exact) mass is 508 g/mol. The number of methoxy groups -OCH3 is 4. The van der Waals surface area contributed by atoms with Gasteiger partial charge in [-0.25, -0.2) is 0 Å². The lowest BCUT2D eigenvalue weighted by Crippen LogP contribution is -2.46. The van der Waals surface area contributed by atoms with Crippen molar-refractivity contribution in [3.05, 3.63) is 66.1 Å². The Morgan fingerprint density at radius 2 is 1.54 bits per heavy atom. The van der Waals surface area contributed by atoms with Crippen molar-refractivity contribution in [2.75, 3.05) is 33.3 Å². The molecule has 0 saturated heterocycles. The van der Waals surface area contributed by atoms with Crippen LogP contribution < -0.4 is 29.2 Å². The average Bonchev–Trinajstić information content (AvgIpc) is 3.65. The van der Waals surface area contributed by atoms with E-state index in [9.17, 15) is 9.59 Å². The van der Waals surface area contributed by atoms with Crippen LogP contribution in [0.25, 0.3) is 0 Å². The molecule has 0 radical (unpaired) electrons. The van der Waals surface area contributed by atoms with Crippen LogP contribution in [0, 0.1) is 0 Å². The average molecular weight is 509 g/mol. The molecule has 3 aromatic rings. The molecule has 1 N–H and O–H groups in total. The number of nitrogens with one attached hydrogen (secondary N) is 1. The standard InChI is InChI=1S/C28H32N2O7/c1-33-21-13-8-7-12-20(21)30(28(32)22-14-9-15-37-22)25(27(31)29-19-10-5-6-11-19)18-16-23(34-2)26(36-4)24(17-18)35-3/h7-9,12-17,19,25H,5-6,10-11H2,1-4H3,(H,29,31)/t25-/m0/s1. The maximum absolute atomic E-state index is 14.1. The van der Waals surface area contributed by atoms with Crippen molar-refractivity contribution in [1.29, 1.82) is 0 Å². The molecule has 2 aromatic carbocycles. The fourth-order valence-electron chi connectivity index (χ4n) is 4.74. The molecule has 1 aromatic heterocycles. The molecule has 1 saturated carbocycles. The highest BCUT2D eigenvalue weighted by molar-refractivity contribution is 6.09. The van der Waals surface area contributed by atoms with Crippen LogP contribution in [0.3, 0.4) is 0 Å². The van der Waals surface area contributed by atoms with Gasteiger partial charge in [-0.05, 0) is 54.8 Å². The third-order valence-corrected chi connectivity index (χ3v) is 6.51. The molecule has 4 rings (SSSR count). The van der Waals surface area contributed by atoms with Crippen LogP contribution in [0.4, 0.5) is 5.69 Å². The Morgan fingerprint density at radius 1 is 0.892 bits per heavy atom. The van der Waals surface area contributed by atoms with Crippen molar-refractivity contribution in [3.8, 4) is 23.0 Å². The molecule has 0 aliphatic heterocycles. The molecule has 0 unspecified atom stereocenters. The lowest BCUT2D eigenvalue weighted by atomic mass is 10.00. The molecule has 1 fully saturated rings. The molecule has 196 valence electrons. The van der Waals surface area contributed by atoms with Crippen molar-refractivity contribution >= 4 is 17.5 Å². The highest BCUT2D eigenvalue weighted by atomic mass is 16.5. The quantitative estimate of drug-likeness (QED) is 0.421. The first-order valence-electron chi connectivity index (χ1n) is 12.1. The summed E-state index contributed by atoms with van der Waals surface area (Å²) < 4.78 is 27.7. The zero-order chi connectivity index (χ0) is 26.4. The number of carbonyl (C=O) groups excluding carboxylic acids is 2. The second-order valence-electron chi connectivity index (χ2n) is 8.68. The lowest BCUT2D eigenvalue weighted by molar-refractivity contribution is -0.123. The molecule has 9 heteroatoms. The summed E-state index contributed by atoms with van der Waals surface area (Å²) in [6, 6.07) is 12.5. The number of carbonyl (C=O) groups is 2. The zero-order valence-corrected chi connectivity index (χ0v) is 21.5. The number of hydrogen-bond donors (Lipinski definition) is 1. The van der Waals surface area contributed by atoms with E-state index in [2.05, 4.69) is 5.32 Å². The largest absolute Gasteiger partial charge is 0.495 e. The van der Waals surface area contributed by atoms with Gasteiger partial charge in [-0.3, -0.25) is 14.5 Å². The van der Waals surface area contributed by atoms with E-state index in [1.807, 2.05) is 0 Å². The fraction of sp³-hybridized carbons (Fsp3) is 0.357. The van der Waals surface area contributed by atoms with Crippen molar-refractivity contribution in [2.24, 2.45) is 0 Å². The number of para-hydroxylation sites is 2. The number of rotatable bonds is 10. The number of furan rings is 1. The van der Waals surface area contributed by atoms with Crippen LogP contribution in [0.5, 0.6) is 23.0 Å². The van der Waals surface area contributed by atoms with Gasteiger partial charge in [0.2, 0.25) is 11.7 Å². The maximum Gasteiger partial charge on any atom is 0.295 e. The first-order chi connectivity index (χ1) is 18.0. The topological polar surface area (TPSA) is 99.5 Å². The van der Waals surface area contributed by atoms with Gasteiger partial charge in [0.15, 0.2) is 17.3 Å². The first-order valence-corrected chi connectivity index (χ1v) is 12.1. The van der Waals surface area contributed by atoms with Gasteiger partial charge in [0.05, 0.1) is 40.4 Å². The van der Waals surface area contributed by atoms with Crippen molar-refractivity contribution < 1.29 is 33.0 Å². The number of hydrogen-bond acceptors (Lipinski definition) is 7. The second-order valence-corrected chi connectivity index (χ2v) is 8.68. The summed E-state index contributed by atoms with van der Waals surface area (Å²) in [7, 11) is 6.02. The van der Waals surface area contributed by atoms with Crippen molar-refractivity contribution in [3.63, 3.8) is 0 Å². The first kappa shape index (κ1) is 25.9. The number of anilines is 1. The van der Waals surface area contributed by atoms with Gasteiger partial charge in [-0.15, -0.1) is 0 Å². The van der Waals surface area contributed by atoms with Gasteiger partial charge in [0.1, 0.15) is 11.8 Å². The Bertz CT molecular complexity index is 1190. The third kappa shape index (κ3) is 5.35. The number of benzene rings is 2. The molecular formula is C28H32N2O7. The molecule has 0 bridgehead atoms. The maximum atomic E-state index is 14.1. The summed E-state index contributed by atoms with van der Waals surface area (Å²) >= 11 is 0. The normalized spacial score (nSPS) is 14.1. The fourth-order valence-corrected chi connectivity index (χ4v) is 4.74. The molecule has 1 aliphatic carbocycles. The van der Waals surface area contributed by atoms with Gasteiger partial charge in [0, 0.05) is 6.04 Å². The Labute approximate surface area is 216 Å². The second kappa shape index (κ2) is 11.7. The number of nitrogens with zero attached hydrogens (tertiary/aromatic N) is 1. The summed E-state index contributed by atoms with van der Waals surface area (Å²) in [5.41, 5.74) is 0.877. The minimum absolute atomic E-state index is 0.0234. The molecule has 0 spiro atoms. The molecule has 9 nitrogen and oxygen atoms in total. The molecule has 1 heterocycles. The van der Waals surface area contributed by atoms with Gasteiger partial charge in [-0.2, -0.15) is 0 Å². The Hall–Kier alpha value is -4.14. The van der Waals surface area contributed by atoms with E-state index in [0.29, 0.717) is 34.2 Å². The van der Waals surface area contributed by atoms with Gasteiger partial charge in [0.25, 0.3) is 5.91 Å². The van der Waals surface area contributed by atoms with Gasteiger partial charge in [-0.1, -0.05) is 25.0 Å². The molecule has 37 heavy (non-hydrogen) atoms. The van der Waals surface area contributed by atoms with Crippen LogP contribution in [-0.4, -0.2) is 46.3 Å². The SMILES string of the molecule is COc1ccccc1N(C(=O)c1ccco1)[C@H](C(=O)NC1CCCC1)c1cc(OC)c(OC)c(OC)c1. The van der Waals surface area contributed by atoms with E-state index in [1.165, 1.54) is 39.6 Å². The highest BCUT2D eigenvalue weighted by Crippen LogP contribution is 2.43. The summed E-state index contributed by atoms with van der Waals surface area (Å²) in [6.45, 7) is 0. The predicted molar refractivity (Wildman–Crippen MR) is 138 cm³/mol. The Morgan fingerprint density at radius 3 is 2.11 bits per heavy atom. The van der Waals surface area contributed by atoms with Gasteiger partial charge < -0.3 is 28.7 Å². The van der Waals surface area contributed by atoms with E-state index in [-0.39, 0.29) is 17.7 Å². The van der Waals surface area contributed by atoms with Crippen LogP contribution >= 0.6 is 0 Å². The molecule has 1 aliphatic rings. The Kier molecular flexibility index (Phi) is 8.22. The molecule has 2 amide bonds. The van der Waals surface area contributed by atoms with Crippen LogP contribution in [-0.2, 0) is 4.79 Å². The van der Waals surface area contributed by atoms with E-state index < -0.39 is 11.9 Å². The Balaban J connectivity index is 1.93. The van der Waals surface area contributed by atoms with E-state index in [1.54, 1.807) is 48.5 Å². The predicted octanol–water partition coefficient (Wildman–Crippen LogP) is 4.76. The van der Waals surface area contributed by atoms with E-state index in [0.717, 1.165) is 25.7 Å². The van der Waals surface area contributed by atoms with E-state index >= 15 is 0 Å². The zero-order valence-electron chi connectivity index (χ0n) is 21.5. The summed E-state index contributed by atoms with van der Waals surface area (Å²) in [6.07, 6.45) is 5.27. The van der Waals surface area contributed by atoms with Crippen molar-refractivity contribution in [2.45, 2.75) is 37.8 Å². The third-order valence-electron chi connectivity index (χ3n) is 6.51. The molecular weight excluding hydrogens is 476 g/mol. The van der Waals surface area contributed by atoms with Crippen LogP contribution in [0.15, 0.2) is 59.2 Å². The summed E-state index contributed by atoms with van der Waals surface area (Å²) in [5.74, 6) is 0.763. The highest BCUT2D eigenvalue weighted by Gasteiger charge is 2.38. The number of amides is 2. The number of ether oxygens (including phenoxy) is 4.